The molecular weight excluding hydrogens is 423 g/mol. The van der Waals surface area contributed by atoms with Crippen molar-refractivity contribution >= 4 is 34.7 Å². The van der Waals surface area contributed by atoms with Crippen molar-refractivity contribution in [3.05, 3.63) is 70.7 Å². The third-order valence-corrected chi connectivity index (χ3v) is 4.82. The average Bonchev–Trinajstić information content (AvgIpc) is 3.17. The molecule has 0 radical (unpaired) electrons. The topological polar surface area (TPSA) is 64.9 Å². The number of nitrogens with one attached hydrogen (secondary N) is 1. The molecule has 0 amide bonds. The molecule has 10 heteroatoms. The lowest BCUT2D eigenvalue weighted by molar-refractivity contribution is -0.0498. The summed E-state index contributed by atoms with van der Waals surface area (Å²) in [5.74, 6) is 1.03. The van der Waals surface area contributed by atoms with E-state index >= 15 is 0 Å². The number of fused-ring (bicyclic) bond motifs is 1. The number of anilines is 2. The highest BCUT2D eigenvalue weighted by Crippen LogP contribution is 2.31. The molecule has 0 aromatic heterocycles. The fourth-order valence-electron chi connectivity index (χ4n) is 2.83. The van der Waals surface area contributed by atoms with Gasteiger partial charge in [-0.1, -0.05) is 35.3 Å². The van der Waals surface area contributed by atoms with E-state index < -0.39 is 6.61 Å². The van der Waals surface area contributed by atoms with E-state index in [0.29, 0.717) is 39.6 Å². The van der Waals surface area contributed by atoms with E-state index in [0.717, 1.165) is 5.56 Å². The number of hydrogen-bond donors (Lipinski definition) is 1. The van der Waals surface area contributed by atoms with Crippen molar-refractivity contribution in [3.63, 3.8) is 0 Å². The lowest BCUT2D eigenvalue weighted by Crippen LogP contribution is -2.10. The summed E-state index contributed by atoms with van der Waals surface area (Å²) in [5, 5.41) is 4.13. The van der Waals surface area contributed by atoms with Crippen LogP contribution in [0.5, 0.6) is 5.75 Å². The highest BCUT2D eigenvalue weighted by Gasteiger charge is 2.19. The molecule has 0 spiro atoms. The van der Waals surface area contributed by atoms with Gasteiger partial charge in [0.2, 0.25) is 0 Å². The van der Waals surface area contributed by atoms with Crippen LogP contribution in [0, 0.1) is 0 Å². The molecule has 2 heterocycles. The molecule has 1 N–H and O–H groups in total. The minimum absolute atomic E-state index is 0.0363. The predicted octanol–water partition coefficient (Wildman–Crippen LogP) is 5.48. The maximum Gasteiger partial charge on any atom is 0.387 e. The van der Waals surface area contributed by atoms with Gasteiger partial charge in [-0.15, -0.1) is 0 Å². The van der Waals surface area contributed by atoms with Crippen molar-refractivity contribution in [3.8, 4) is 17.3 Å². The number of nitrogens with zero attached hydrogens (tertiary/aromatic N) is 4. The molecule has 6 nitrogen and oxygen atoms in total. The molecule has 2 aromatic carbocycles. The van der Waals surface area contributed by atoms with Gasteiger partial charge in [0.25, 0.3) is 0 Å². The molecule has 2 aliphatic heterocycles. The Morgan fingerprint density at radius 2 is 1.79 bits per heavy atom. The number of rotatable bonds is 6. The van der Waals surface area contributed by atoms with Crippen LogP contribution >= 0.6 is 23.2 Å². The third kappa shape index (κ3) is 4.23. The Bertz CT molecular complexity index is 1100. The predicted molar refractivity (Wildman–Crippen MR) is 106 cm³/mol. The summed E-state index contributed by atoms with van der Waals surface area (Å²) in [4.78, 5) is 12.9. The van der Waals surface area contributed by atoms with E-state index in [2.05, 4.69) is 25.0 Å². The van der Waals surface area contributed by atoms with Gasteiger partial charge in [-0.25, -0.2) is 15.0 Å². The van der Waals surface area contributed by atoms with Gasteiger partial charge in [-0.2, -0.15) is 8.78 Å². The van der Waals surface area contributed by atoms with Crippen LogP contribution in [0.15, 0.2) is 55.1 Å². The first-order valence-corrected chi connectivity index (χ1v) is 9.17. The normalized spacial score (nSPS) is 11.2. The number of alkyl halides is 2. The van der Waals surface area contributed by atoms with E-state index in [1.165, 1.54) is 18.5 Å². The maximum absolute atomic E-state index is 12.4. The van der Waals surface area contributed by atoms with E-state index in [9.17, 15) is 8.78 Å². The SMILES string of the molecule is FC(F)Oc1cccc(Nc2ncn(Cc3c(Cl)cccc3Cl)c3ncnc2-3)c1. The first kappa shape index (κ1) is 19.4. The molecule has 0 fully saturated rings. The van der Waals surface area contributed by atoms with E-state index in [1.54, 1.807) is 41.2 Å². The number of ether oxygens (including phenoxy) is 1. The first-order chi connectivity index (χ1) is 14.0. The minimum atomic E-state index is -2.90. The molecule has 2 aliphatic rings. The van der Waals surface area contributed by atoms with Crippen LogP contribution in [0.25, 0.3) is 11.5 Å². The average molecular weight is 436 g/mol. The van der Waals surface area contributed by atoms with Crippen LogP contribution in [0.1, 0.15) is 5.56 Å². The second-order valence-corrected chi connectivity index (χ2v) is 6.81. The summed E-state index contributed by atoms with van der Waals surface area (Å²) in [7, 11) is 0. The fraction of sp³-hybridized carbons (Fsp3) is 0.105. The summed E-state index contributed by atoms with van der Waals surface area (Å²) in [6.07, 6.45) is 3.00. The van der Waals surface area contributed by atoms with Gasteiger partial charge in [0.15, 0.2) is 17.3 Å². The zero-order valence-electron chi connectivity index (χ0n) is 14.7. The van der Waals surface area contributed by atoms with Gasteiger partial charge in [-0.05, 0) is 24.3 Å². The number of hydrogen-bond acceptors (Lipinski definition) is 5. The largest absolute Gasteiger partial charge is 0.435 e. The van der Waals surface area contributed by atoms with Crippen LogP contribution in [0.3, 0.4) is 0 Å². The van der Waals surface area contributed by atoms with Crippen LogP contribution in [-0.2, 0) is 6.54 Å². The van der Waals surface area contributed by atoms with Gasteiger partial charge in [0, 0.05) is 27.4 Å². The van der Waals surface area contributed by atoms with Crippen molar-refractivity contribution in [2.75, 3.05) is 5.32 Å². The summed E-state index contributed by atoms with van der Waals surface area (Å²) in [5.41, 5.74) is 1.77. The maximum atomic E-state index is 12.4. The smallest absolute Gasteiger partial charge is 0.387 e. The Morgan fingerprint density at radius 1 is 1.03 bits per heavy atom. The molecule has 0 saturated carbocycles. The molecule has 0 aliphatic carbocycles. The molecule has 0 saturated heterocycles. The van der Waals surface area contributed by atoms with Crippen molar-refractivity contribution < 1.29 is 13.5 Å². The Balaban J connectivity index is 1.63. The first-order valence-electron chi connectivity index (χ1n) is 8.42. The number of benzene rings is 2. The van der Waals surface area contributed by atoms with E-state index in [4.69, 9.17) is 23.2 Å². The Hall–Kier alpha value is -2.97. The summed E-state index contributed by atoms with van der Waals surface area (Å²) in [6.45, 7) is -2.54. The fourth-order valence-corrected chi connectivity index (χ4v) is 3.35. The molecule has 4 rings (SSSR count). The van der Waals surface area contributed by atoms with Crippen molar-refractivity contribution in [1.29, 1.82) is 0 Å². The summed E-state index contributed by atoms with van der Waals surface area (Å²) < 4.78 is 31.1. The van der Waals surface area contributed by atoms with Gasteiger partial charge in [0.1, 0.15) is 12.1 Å². The Kier molecular flexibility index (Phi) is 5.46. The third-order valence-electron chi connectivity index (χ3n) is 4.11. The Labute approximate surface area is 174 Å². The second kappa shape index (κ2) is 8.18. The van der Waals surface area contributed by atoms with E-state index in [-0.39, 0.29) is 5.75 Å². The highest BCUT2D eigenvalue weighted by molar-refractivity contribution is 6.36. The number of aromatic nitrogens is 4. The molecule has 148 valence electrons. The lowest BCUT2D eigenvalue weighted by Gasteiger charge is -2.16. The van der Waals surface area contributed by atoms with Crippen LogP contribution in [0.4, 0.5) is 20.3 Å². The molecule has 0 bridgehead atoms. The monoisotopic (exact) mass is 435 g/mol. The van der Waals surface area contributed by atoms with Crippen molar-refractivity contribution in [1.82, 2.24) is 19.5 Å². The number of imidazole rings is 1. The lowest BCUT2D eigenvalue weighted by atomic mass is 10.2. The summed E-state index contributed by atoms with van der Waals surface area (Å²) >= 11 is 12.5. The Morgan fingerprint density at radius 3 is 2.55 bits per heavy atom. The van der Waals surface area contributed by atoms with Gasteiger partial charge in [0.05, 0.1) is 12.9 Å². The van der Waals surface area contributed by atoms with Gasteiger partial charge < -0.3 is 14.6 Å². The highest BCUT2D eigenvalue weighted by atomic mass is 35.5. The van der Waals surface area contributed by atoms with Crippen LogP contribution < -0.4 is 10.1 Å². The number of halogens is 4. The second-order valence-electron chi connectivity index (χ2n) is 6.00. The van der Waals surface area contributed by atoms with E-state index in [1.807, 2.05) is 0 Å². The molecule has 2 aromatic rings. The van der Waals surface area contributed by atoms with Crippen LogP contribution in [0.2, 0.25) is 10.0 Å². The van der Waals surface area contributed by atoms with Gasteiger partial charge in [-0.3, -0.25) is 0 Å². The quantitative estimate of drug-likeness (QED) is 0.434. The molecule has 29 heavy (non-hydrogen) atoms. The molecule has 0 unspecified atom stereocenters. The molecule has 0 atom stereocenters. The van der Waals surface area contributed by atoms with Crippen LogP contribution in [-0.4, -0.2) is 26.1 Å². The molecular formula is C19H13Cl2F2N5O. The standard InChI is InChI=1S/C19H13Cl2F2N5O/c20-14-5-2-6-15(21)13(14)8-28-10-26-17(16-18(28)25-9-24-16)27-11-3-1-4-12(7-11)29-19(22)23/h1-7,9-10,19,27H,8H2. The summed E-state index contributed by atoms with van der Waals surface area (Å²) in [6, 6.07) is 11.5. The zero-order chi connectivity index (χ0) is 20.4. The van der Waals surface area contributed by atoms with Crippen molar-refractivity contribution in [2.24, 2.45) is 0 Å². The zero-order valence-corrected chi connectivity index (χ0v) is 16.2. The minimum Gasteiger partial charge on any atom is -0.435 e. The van der Waals surface area contributed by atoms with Gasteiger partial charge >= 0.3 is 6.61 Å². The van der Waals surface area contributed by atoms with Crippen molar-refractivity contribution in [2.45, 2.75) is 13.2 Å².